The average molecular weight is 270 g/mol. The van der Waals surface area contributed by atoms with E-state index < -0.39 is 0 Å². The highest BCUT2D eigenvalue weighted by Gasteiger charge is 2.27. The Bertz CT molecular complexity index is 565. The van der Waals surface area contributed by atoms with Gasteiger partial charge in [-0.3, -0.25) is 9.69 Å². The summed E-state index contributed by atoms with van der Waals surface area (Å²) in [6, 6.07) is 3.43. The van der Waals surface area contributed by atoms with E-state index in [1.165, 1.54) is 11.3 Å². The summed E-state index contributed by atoms with van der Waals surface area (Å²) in [6.07, 6.45) is 0.850. The van der Waals surface area contributed by atoms with Crippen LogP contribution in [0.25, 0.3) is 0 Å². The minimum absolute atomic E-state index is 0.0994. The molecule has 0 radical (unpaired) electrons. The fourth-order valence-corrected chi connectivity index (χ4v) is 2.76. The lowest BCUT2D eigenvalue weighted by Gasteiger charge is -2.24. The van der Waals surface area contributed by atoms with Crippen LogP contribution in [0.5, 0.6) is 0 Å². The molecule has 0 saturated carbocycles. The Morgan fingerprint density at radius 2 is 2.29 bits per heavy atom. The molecule has 3 rings (SSSR count). The zero-order valence-electron chi connectivity index (χ0n) is 8.71. The van der Waals surface area contributed by atoms with Crippen LogP contribution in [0.15, 0.2) is 12.1 Å². The van der Waals surface area contributed by atoms with Gasteiger partial charge in [0.05, 0.1) is 9.21 Å². The number of hydrogen-bond donors (Lipinski definition) is 0. The third-order valence-electron chi connectivity index (χ3n) is 2.54. The van der Waals surface area contributed by atoms with Crippen molar-refractivity contribution in [2.45, 2.75) is 13.0 Å². The van der Waals surface area contributed by atoms with Crippen LogP contribution in [0.2, 0.25) is 4.34 Å². The molecular formula is C9H8ClN5OS. The van der Waals surface area contributed by atoms with Gasteiger partial charge in [0, 0.05) is 13.1 Å². The molecule has 0 atom stereocenters. The molecule has 0 unspecified atom stereocenters. The maximum Gasteiger partial charge on any atom is 0.270 e. The van der Waals surface area contributed by atoms with Gasteiger partial charge in [0.25, 0.3) is 11.9 Å². The Balaban J connectivity index is 1.94. The Morgan fingerprint density at radius 1 is 1.41 bits per heavy atom. The monoisotopic (exact) mass is 269 g/mol. The van der Waals surface area contributed by atoms with Gasteiger partial charge in [0.2, 0.25) is 0 Å². The number of nitrogens with zero attached hydrogens (tertiary/aromatic N) is 5. The highest BCUT2D eigenvalue weighted by Crippen LogP contribution is 2.25. The number of thiophene rings is 1. The van der Waals surface area contributed by atoms with Gasteiger partial charge in [-0.05, 0) is 29.0 Å². The fourth-order valence-electron chi connectivity index (χ4n) is 1.77. The quantitative estimate of drug-likeness (QED) is 0.786. The second-order valence-corrected chi connectivity index (χ2v) is 5.33. The van der Waals surface area contributed by atoms with Crippen LogP contribution in [-0.4, -0.2) is 32.7 Å². The van der Waals surface area contributed by atoms with Crippen LogP contribution in [0.3, 0.4) is 0 Å². The van der Waals surface area contributed by atoms with E-state index in [9.17, 15) is 4.79 Å². The SMILES string of the molecule is O=C(c1ccc(Cl)s1)N1CCCn2nnnc21. The second-order valence-electron chi connectivity index (χ2n) is 3.62. The molecule has 8 heteroatoms. The maximum absolute atomic E-state index is 12.2. The number of hydrogen-bond acceptors (Lipinski definition) is 5. The smallest absolute Gasteiger partial charge is 0.270 e. The Morgan fingerprint density at radius 3 is 3.06 bits per heavy atom. The number of fused-ring (bicyclic) bond motifs is 1. The second kappa shape index (κ2) is 4.08. The summed E-state index contributed by atoms with van der Waals surface area (Å²) in [5, 5.41) is 11.3. The molecule has 1 amide bonds. The van der Waals surface area contributed by atoms with Crippen molar-refractivity contribution in [2.75, 3.05) is 11.4 Å². The molecular weight excluding hydrogens is 262 g/mol. The Kier molecular flexibility index (Phi) is 2.56. The third kappa shape index (κ3) is 1.81. The maximum atomic E-state index is 12.2. The van der Waals surface area contributed by atoms with Gasteiger partial charge in [0.15, 0.2) is 0 Å². The summed E-state index contributed by atoms with van der Waals surface area (Å²) in [5.74, 6) is 0.406. The van der Waals surface area contributed by atoms with E-state index in [2.05, 4.69) is 15.5 Å². The fraction of sp³-hybridized carbons (Fsp3) is 0.333. The summed E-state index contributed by atoms with van der Waals surface area (Å²) >= 11 is 7.09. The van der Waals surface area contributed by atoms with Gasteiger partial charge < -0.3 is 0 Å². The van der Waals surface area contributed by atoms with Gasteiger partial charge in [-0.15, -0.1) is 11.3 Å². The van der Waals surface area contributed by atoms with Gasteiger partial charge in [0.1, 0.15) is 0 Å². The van der Waals surface area contributed by atoms with Crippen molar-refractivity contribution >= 4 is 34.8 Å². The van der Waals surface area contributed by atoms with Crippen LogP contribution in [0.4, 0.5) is 5.95 Å². The van der Waals surface area contributed by atoms with Crippen LogP contribution in [0, 0.1) is 0 Å². The third-order valence-corrected chi connectivity index (χ3v) is 3.75. The highest BCUT2D eigenvalue weighted by molar-refractivity contribution is 7.18. The number of aryl methyl sites for hydroxylation is 1. The van der Waals surface area contributed by atoms with Crippen molar-refractivity contribution in [3.8, 4) is 0 Å². The van der Waals surface area contributed by atoms with Gasteiger partial charge in [-0.25, -0.2) is 4.68 Å². The predicted molar refractivity (Wildman–Crippen MR) is 63.4 cm³/mol. The topological polar surface area (TPSA) is 63.9 Å². The molecule has 2 aromatic rings. The van der Waals surface area contributed by atoms with E-state index in [1.54, 1.807) is 21.7 Å². The average Bonchev–Trinajstić information content (AvgIpc) is 2.95. The molecule has 6 nitrogen and oxygen atoms in total. The number of rotatable bonds is 1. The highest BCUT2D eigenvalue weighted by atomic mass is 35.5. The van der Waals surface area contributed by atoms with E-state index in [0.717, 1.165) is 13.0 Å². The summed E-state index contributed by atoms with van der Waals surface area (Å²) in [7, 11) is 0. The molecule has 17 heavy (non-hydrogen) atoms. The Hall–Kier alpha value is -1.47. The number of amides is 1. The van der Waals surface area contributed by atoms with Crippen LogP contribution >= 0.6 is 22.9 Å². The number of carbonyl (C=O) groups excluding carboxylic acids is 1. The van der Waals surface area contributed by atoms with Crippen molar-refractivity contribution < 1.29 is 4.79 Å². The standard InChI is InChI=1S/C9H8ClN5OS/c10-7-3-2-6(17-7)8(16)14-4-1-5-15-9(14)11-12-13-15/h2-3H,1,4-5H2. The molecule has 0 fully saturated rings. The molecule has 2 aromatic heterocycles. The van der Waals surface area contributed by atoms with Crippen molar-refractivity contribution in [1.82, 2.24) is 20.2 Å². The van der Waals surface area contributed by atoms with E-state index >= 15 is 0 Å². The number of anilines is 1. The van der Waals surface area contributed by atoms with Crippen molar-refractivity contribution in [1.29, 1.82) is 0 Å². The van der Waals surface area contributed by atoms with Crippen LogP contribution in [0.1, 0.15) is 16.1 Å². The summed E-state index contributed by atoms with van der Waals surface area (Å²) in [5.41, 5.74) is 0. The molecule has 0 spiro atoms. The predicted octanol–water partition coefficient (Wildman–Crippen LogP) is 1.44. The molecule has 88 valence electrons. The molecule has 3 heterocycles. The van der Waals surface area contributed by atoms with E-state index in [-0.39, 0.29) is 5.91 Å². The summed E-state index contributed by atoms with van der Waals surface area (Å²) in [4.78, 5) is 14.4. The largest absolute Gasteiger partial charge is 0.275 e. The van der Waals surface area contributed by atoms with Crippen LogP contribution < -0.4 is 4.90 Å². The molecule has 0 bridgehead atoms. The zero-order chi connectivity index (χ0) is 11.8. The van der Waals surface area contributed by atoms with E-state index in [0.29, 0.717) is 21.7 Å². The molecule has 0 aromatic carbocycles. The molecule has 1 aliphatic heterocycles. The van der Waals surface area contributed by atoms with Crippen molar-refractivity contribution in [2.24, 2.45) is 0 Å². The van der Waals surface area contributed by atoms with E-state index in [4.69, 9.17) is 11.6 Å². The zero-order valence-corrected chi connectivity index (χ0v) is 10.3. The molecule has 1 aliphatic rings. The number of tetrazole rings is 1. The number of aromatic nitrogens is 4. The number of carbonyl (C=O) groups is 1. The first kappa shape index (κ1) is 10.7. The van der Waals surface area contributed by atoms with Crippen LogP contribution in [-0.2, 0) is 6.54 Å². The lowest BCUT2D eigenvalue weighted by molar-refractivity contribution is 0.0984. The lowest BCUT2D eigenvalue weighted by atomic mass is 10.3. The first-order chi connectivity index (χ1) is 8.25. The Labute approximate surface area is 106 Å². The molecule has 0 aliphatic carbocycles. The minimum atomic E-state index is -0.0994. The van der Waals surface area contributed by atoms with Gasteiger partial charge in [-0.2, -0.15) is 0 Å². The first-order valence-electron chi connectivity index (χ1n) is 5.09. The molecule has 0 saturated heterocycles. The summed E-state index contributed by atoms with van der Waals surface area (Å²) < 4.78 is 2.24. The molecule has 0 N–H and O–H groups in total. The minimum Gasteiger partial charge on any atom is -0.275 e. The first-order valence-corrected chi connectivity index (χ1v) is 6.28. The van der Waals surface area contributed by atoms with Crippen molar-refractivity contribution in [3.05, 3.63) is 21.3 Å². The van der Waals surface area contributed by atoms with Gasteiger partial charge >= 0.3 is 0 Å². The lowest BCUT2D eigenvalue weighted by Crippen LogP contribution is -2.37. The normalized spacial score (nSPS) is 14.8. The summed E-state index contributed by atoms with van der Waals surface area (Å²) in [6.45, 7) is 1.38. The van der Waals surface area contributed by atoms with Gasteiger partial charge in [-0.1, -0.05) is 16.7 Å². The van der Waals surface area contributed by atoms with Crippen molar-refractivity contribution in [3.63, 3.8) is 0 Å². The number of halogens is 1. The van der Waals surface area contributed by atoms with E-state index in [1.807, 2.05) is 0 Å².